The molecule has 1 N–H and O–H groups in total. The van der Waals surface area contributed by atoms with Crippen molar-refractivity contribution >= 4 is 11.7 Å². The van der Waals surface area contributed by atoms with Crippen molar-refractivity contribution in [1.82, 2.24) is 0 Å². The van der Waals surface area contributed by atoms with Crippen molar-refractivity contribution in [2.24, 2.45) is 0 Å². The van der Waals surface area contributed by atoms with Crippen LogP contribution in [0, 0.1) is 0 Å². The van der Waals surface area contributed by atoms with Gasteiger partial charge in [-0.25, -0.2) is 4.79 Å². The number of carbonyl (C=O) groups is 1. The Bertz CT molecular complexity index is 716. The first kappa shape index (κ1) is 17.3. The van der Waals surface area contributed by atoms with Gasteiger partial charge >= 0.3 is 5.97 Å². The quantitative estimate of drug-likeness (QED) is 0.848. The van der Waals surface area contributed by atoms with Crippen molar-refractivity contribution in [2.75, 3.05) is 25.2 Å². The van der Waals surface area contributed by atoms with Crippen LogP contribution in [0.5, 0.6) is 5.75 Å². The summed E-state index contributed by atoms with van der Waals surface area (Å²) in [6, 6.07) is 16.0. The molecule has 2 atom stereocenters. The Kier molecular flexibility index (Phi) is 4.95. The number of hydrogen-bond donors (Lipinski definition) is 1. The third-order valence-corrected chi connectivity index (χ3v) is 4.69. The van der Waals surface area contributed by atoms with Crippen LogP contribution in [0.4, 0.5) is 5.69 Å². The van der Waals surface area contributed by atoms with Gasteiger partial charge in [0.2, 0.25) is 0 Å². The fourth-order valence-electron chi connectivity index (χ4n) is 3.44. The van der Waals surface area contributed by atoms with E-state index in [0.29, 0.717) is 13.0 Å². The molecule has 1 heterocycles. The average Bonchev–Trinajstić information content (AvgIpc) is 3.01. The molecular weight excluding hydrogens is 318 g/mol. The summed E-state index contributed by atoms with van der Waals surface area (Å²) in [5.41, 5.74) is 0.294. The van der Waals surface area contributed by atoms with E-state index in [2.05, 4.69) is 0 Å². The normalized spacial score (nSPS) is 22.7. The van der Waals surface area contributed by atoms with Gasteiger partial charge in [0, 0.05) is 18.7 Å². The van der Waals surface area contributed by atoms with E-state index in [0.717, 1.165) is 17.0 Å². The molecule has 5 nitrogen and oxygen atoms in total. The molecule has 25 heavy (non-hydrogen) atoms. The first-order valence-corrected chi connectivity index (χ1v) is 8.45. The number of methoxy groups -OCH3 is 1. The molecule has 0 aromatic heterocycles. The topological polar surface area (TPSA) is 59.0 Å². The number of carbonyl (C=O) groups excluding carboxylic acids is 1. The second-order valence-corrected chi connectivity index (χ2v) is 6.09. The maximum Gasteiger partial charge on any atom is 0.332 e. The Hall–Kier alpha value is -2.53. The highest BCUT2D eigenvalue weighted by Gasteiger charge is 2.52. The molecule has 5 heteroatoms. The van der Waals surface area contributed by atoms with Gasteiger partial charge in [-0.15, -0.1) is 0 Å². The van der Waals surface area contributed by atoms with Gasteiger partial charge in [-0.05, 0) is 36.8 Å². The van der Waals surface area contributed by atoms with Crippen LogP contribution in [0.2, 0.25) is 0 Å². The molecule has 2 aromatic rings. The zero-order valence-corrected chi connectivity index (χ0v) is 14.5. The fourth-order valence-corrected chi connectivity index (χ4v) is 3.44. The molecule has 1 saturated heterocycles. The average molecular weight is 341 g/mol. The van der Waals surface area contributed by atoms with Crippen molar-refractivity contribution in [3.05, 3.63) is 60.2 Å². The Labute approximate surface area is 147 Å². The van der Waals surface area contributed by atoms with Crippen LogP contribution in [0.1, 0.15) is 18.9 Å². The number of ether oxygens (including phenoxy) is 2. The fraction of sp³-hybridized carbons (Fsp3) is 0.350. The minimum atomic E-state index is -1.28. The van der Waals surface area contributed by atoms with Crippen LogP contribution in [-0.2, 0) is 15.1 Å². The smallest absolute Gasteiger partial charge is 0.332 e. The van der Waals surface area contributed by atoms with Gasteiger partial charge in [0.15, 0.2) is 6.04 Å². The van der Waals surface area contributed by atoms with E-state index in [1.807, 2.05) is 59.5 Å². The van der Waals surface area contributed by atoms with Crippen molar-refractivity contribution < 1.29 is 19.4 Å². The van der Waals surface area contributed by atoms with Gasteiger partial charge in [0.1, 0.15) is 11.4 Å². The Morgan fingerprint density at radius 2 is 1.88 bits per heavy atom. The molecule has 0 radical (unpaired) electrons. The first-order chi connectivity index (χ1) is 12.1. The van der Waals surface area contributed by atoms with Gasteiger partial charge in [0.05, 0.1) is 13.7 Å². The van der Waals surface area contributed by atoms with E-state index >= 15 is 0 Å². The highest BCUT2D eigenvalue weighted by molar-refractivity contribution is 5.83. The number of nitrogens with zero attached hydrogens (tertiary/aromatic N) is 1. The van der Waals surface area contributed by atoms with Crippen molar-refractivity contribution in [3.63, 3.8) is 0 Å². The monoisotopic (exact) mass is 341 g/mol. The number of rotatable bonds is 5. The van der Waals surface area contributed by atoms with Crippen LogP contribution in [-0.4, -0.2) is 37.4 Å². The van der Waals surface area contributed by atoms with Gasteiger partial charge in [0.25, 0.3) is 0 Å². The van der Waals surface area contributed by atoms with Crippen molar-refractivity contribution in [2.45, 2.75) is 25.0 Å². The van der Waals surface area contributed by atoms with Gasteiger partial charge in [-0.1, -0.05) is 30.3 Å². The lowest BCUT2D eigenvalue weighted by atomic mass is 9.86. The molecule has 2 unspecified atom stereocenters. The third kappa shape index (κ3) is 3.20. The van der Waals surface area contributed by atoms with E-state index in [-0.39, 0.29) is 6.61 Å². The molecule has 3 rings (SSSR count). The lowest BCUT2D eigenvalue weighted by Crippen LogP contribution is -2.49. The van der Waals surface area contributed by atoms with Crippen LogP contribution >= 0.6 is 0 Å². The Balaban J connectivity index is 1.99. The highest BCUT2D eigenvalue weighted by Crippen LogP contribution is 2.41. The molecule has 0 amide bonds. The summed E-state index contributed by atoms with van der Waals surface area (Å²) in [6.45, 7) is 2.60. The van der Waals surface area contributed by atoms with E-state index in [4.69, 9.17) is 9.47 Å². The lowest BCUT2D eigenvalue weighted by molar-refractivity contribution is -0.150. The van der Waals surface area contributed by atoms with Crippen molar-refractivity contribution in [1.29, 1.82) is 0 Å². The molecule has 1 aliphatic rings. The molecule has 1 aliphatic heterocycles. The van der Waals surface area contributed by atoms with Crippen molar-refractivity contribution in [3.8, 4) is 5.75 Å². The number of anilines is 1. The summed E-state index contributed by atoms with van der Waals surface area (Å²) >= 11 is 0. The largest absolute Gasteiger partial charge is 0.497 e. The zero-order chi connectivity index (χ0) is 17.9. The molecule has 0 aliphatic carbocycles. The summed E-state index contributed by atoms with van der Waals surface area (Å²) < 4.78 is 10.5. The highest BCUT2D eigenvalue weighted by atomic mass is 16.5. The number of benzene rings is 2. The zero-order valence-electron chi connectivity index (χ0n) is 14.5. The Morgan fingerprint density at radius 3 is 2.48 bits per heavy atom. The van der Waals surface area contributed by atoms with Crippen LogP contribution in [0.3, 0.4) is 0 Å². The molecule has 1 fully saturated rings. The second kappa shape index (κ2) is 7.15. The Morgan fingerprint density at radius 1 is 1.20 bits per heavy atom. The third-order valence-electron chi connectivity index (χ3n) is 4.69. The molecule has 132 valence electrons. The van der Waals surface area contributed by atoms with Gasteiger partial charge < -0.3 is 19.5 Å². The van der Waals surface area contributed by atoms with E-state index < -0.39 is 17.6 Å². The SMILES string of the molecule is CCOC(=O)C1N(c2ccc(OC)cc2)CCC1(O)c1ccccc1. The molecule has 0 saturated carbocycles. The van der Waals surface area contributed by atoms with E-state index in [1.54, 1.807) is 14.0 Å². The molecular formula is C20H23NO4. The molecule has 0 bridgehead atoms. The lowest BCUT2D eigenvalue weighted by Gasteiger charge is -2.33. The number of aliphatic hydroxyl groups is 1. The summed E-state index contributed by atoms with van der Waals surface area (Å²) in [5, 5.41) is 11.4. The maximum atomic E-state index is 12.7. The predicted molar refractivity (Wildman–Crippen MR) is 95.7 cm³/mol. The molecule has 0 spiro atoms. The van der Waals surface area contributed by atoms with Crippen LogP contribution in [0.15, 0.2) is 54.6 Å². The summed E-state index contributed by atoms with van der Waals surface area (Å²) in [5.74, 6) is 0.330. The number of esters is 1. The van der Waals surface area contributed by atoms with Gasteiger partial charge in [-0.3, -0.25) is 0 Å². The summed E-state index contributed by atoms with van der Waals surface area (Å²) in [4.78, 5) is 14.6. The van der Waals surface area contributed by atoms with Crippen LogP contribution in [0.25, 0.3) is 0 Å². The summed E-state index contributed by atoms with van der Waals surface area (Å²) in [6.07, 6.45) is 0.451. The molecule has 2 aromatic carbocycles. The minimum Gasteiger partial charge on any atom is -0.497 e. The predicted octanol–water partition coefficient (Wildman–Crippen LogP) is 2.72. The maximum absolute atomic E-state index is 12.7. The van der Waals surface area contributed by atoms with E-state index in [9.17, 15) is 9.90 Å². The standard InChI is InChI=1S/C20H23NO4/c1-3-25-19(22)18-20(23,15-7-5-4-6-8-15)13-14-21(18)16-9-11-17(24-2)12-10-16/h4-12,18,23H,3,13-14H2,1-2H3. The minimum absolute atomic E-state index is 0.274. The van der Waals surface area contributed by atoms with E-state index in [1.165, 1.54) is 0 Å². The van der Waals surface area contributed by atoms with Crippen LogP contribution < -0.4 is 9.64 Å². The first-order valence-electron chi connectivity index (χ1n) is 8.45. The van der Waals surface area contributed by atoms with Gasteiger partial charge in [-0.2, -0.15) is 0 Å². The second-order valence-electron chi connectivity index (χ2n) is 6.09. The summed E-state index contributed by atoms with van der Waals surface area (Å²) in [7, 11) is 1.61. The number of hydrogen-bond acceptors (Lipinski definition) is 5.